The molecule has 2 heterocycles. The van der Waals surface area contributed by atoms with Crippen LogP contribution in [-0.2, 0) is 26.1 Å². The summed E-state index contributed by atoms with van der Waals surface area (Å²) in [5.74, 6) is -0.514. The van der Waals surface area contributed by atoms with Crippen LogP contribution in [-0.4, -0.2) is 22.2 Å². The molecule has 0 saturated carbocycles. The van der Waals surface area contributed by atoms with Gasteiger partial charge >= 0.3 is 12.1 Å². The highest BCUT2D eigenvalue weighted by molar-refractivity contribution is 5.86. The first-order valence-electron chi connectivity index (χ1n) is 9.36. The summed E-state index contributed by atoms with van der Waals surface area (Å²) in [6, 6.07) is 13.6. The first kappa shape index (κ1) is 19.9. The summed E-state index contributed by atoms with van der Waals surface area (Å²) in [7, 11) is 0. The standard InChI is InChI=1S/C22H22F3NO3/c1-19(2,3)26-17(14-10-12-16(13-11-14)22(23,24)25)21(15-8-6-5-7-9-15)20(4,29-21)18(27)28-26/h5-13,17H,1-4H3/t17-,20+,21-/m0/s1. The average Bonchev–Trinajstić information content (AvgIpc) is 3.30. The van der Waals surface area contributed by atoms with Crippen molar-refractivity contribution >= 4 is 5.97 Å². The van der Waals surface area contributed by atoms with Gasteiger partial charge in [-0.1, -0.05) is 42.5 Å². The SMILES string of the molecule is CC(C)(C)N1OC(=O)[C@@]2(C)O[C@@]2(c2ccccc2)[C@@H]1c1ccc(C(F)(F)F)cc1. The zero-order valence-corrected chi connectivity index (χ0v) is 16.6. The van der Waals surface area contributed by atoms with Gasteiger partial charge < -0.3 is 9.57 Å². The van der Waals surface area contributed by atoms with Crippen molar-refractivity contribution in [2.24, 2.45) is 0 Å². The number of hydrogen-bond donors (Lipinski definition) is 0. The number of hydroxylamine groups is 2. The van der Waals surface area contributed by atoms with Crippen LogP contribution in [0.4, 0.5) is 13.2 Å². The van der Waals surface area contributed by atoms with Gasteiger partial charge in [-0.15, -0.1) is 5.06 Å². The molecule has 0 aliphatic carbocycles. The highest BCUT2D eigenvalue weighted by Gasteiger charge is 2.81. The molecule has 4 rings (SSSR count). The normalized spacial score (nSPS) is 29.9. The molecule has 0 aromatic heterocycles. The van der Waals surface area contributed by atoms with E-state index in [9.17, 15) is 18.0 Å². The second-order valence-electron chi connectivity index (χ2n) is 8.63. The highest BCUT2D eigenvalue weighted by Crippen LogP contribution is 2.67. The zero-order valence-electron chi connectivity index (χ0n) is 16.6. The minimum atomic E-state index is -4.43. The first-order valence-corrected chi connectivity index (χ1v) is 9.36. The number of halogens is 3. The number of rotatable bonds is 2. The lowest BCUT2D eigenvalue weighted by Gasteiger charge is -2.45. The molecule has 2 aliphatic heterocycles. The van der Waals surface area contributed by atoms with Crippen molar-refractivity contribution in [2.45, 2.75) is 56.7 Å². The number of fused-ring (bicyclic) bond motifs is 1. The Morgan fingerprint density at radius 2 is 1.55 bits per heavy atom. The van der Waals surface area contributed by atoms with Crippen LogP contribution >= 0.6 is 0 Å². The van der Waals surface area contributed by atoms with Gasteiger partial charge in [0, 0.05) is 5.54 Å². The Kier molecular flexibility index (Phi) is 4.16. The number of benzene rings is 2. The molecule has 2 aliphatic rings. The zero-order chi connectivity index (χ0) is 21.2. The minimum absolute atomic E-state index is 0.514. The smallest absolute Gasteiger partial charge is 0.364 e. The molecule has 29 heavy (non-hydrogen) atoms. The fraction of sp³-hybridized carbons (Fsp3) is 0.409. The van der Waals surface area contributed by atoms with E-state index in [1.165, 1.54) is 12.1 Å². The third-order valence-electron chi connectivity index (χ3n) is 5.64. The quantitative estimate of drug-likeness (QED) is 0.660. The van der Waals surface area contributed by atoms with Crippen LogP contribution in [0.5, 0.6) is 0 Å². The van der Waals surface area contributed by atoms with Crippen molar-refractivity contribution in [3.8, 4) is 0 Å². The van der Waals surface area contributed by atoms with Gasteiger partial charge in [-0.2, -0.15) is 13.2 Å². The van der Waals surface area contributed by atoms with Gasteiger partial charge in [0.05, 0.1) is 5.56 Å². The summed E-state index contributed by atoms with van der Waals surface area (Å²) in [6.45, 7) is 7.29. The summed E-state index contributed by atoms with van der Waals surface area (Å²) in [4.78, 5) is 18.5. The van der Waals surface area contributed by atoms with E-state index in [0.717, 1.165) is 17.7 Å². The van der Waals surface area contributed by atoms with Crippen molar-refractivity contribution in [3.63, 3.8) is 0 Å². The van der Waals surface area contributed by atoms with Gasteiger partial charge in [0.15, 0.2) is 5.60 Å². The molecule has 154 valence electrons. The van der Waals surface area contributed by atoms with E-state index in [-0.39, 0.29) is 0 Å². The monoisotopic (exact) mass is 405 g/mol. The third kappa shape index (κ3) is 2.87. The number of hydrogen-bond acceptors (Lipinski definition) is 4. The number of carbonyl (C=O) groups is 1. The number of carbonyl (C=O) groups excluding carboxylic acids is 1. The van der Waals surface area contributed by atoms with Crippen LogP contribution in [0.3, 0.4) is 0 Å². The van der Waals surface area contributed by atoms with Gasteiger partial charge in [-0.3, -0.25) is 0 Å². The summed E-state index contributed by atoms with van der Waals surface area (Å²) >= 11 is 0. The Balaban J connectivity index is 1.89. The predicted molar refractivity (Wildman–Crippen MR) is 99.5 cm³/mol. The fourth-order valence-corrected chi connectivity index (χ4v) is 4.13. The molecule has 3 atom stereocenters. The van der Waals surface area contributed by atoms with E-state index in [1.807, 2.05) is 51.1 Å². The maximum Gasteiger partial charge on any atom is 0.416 e. The third-order valence-corrected chi connectivity index (χ3v) is 5.64. The van der Waals surface area contributed by atoms with E-state index in [0.29, 0.717) is 5.56 Å². The highest BCUT2D eigenvalue weighted by atomic mass is 19.4. The Bertz CT molecular complexity index is 937. The average molecular weight is 405 g/mol. The Hall–Kier alpha value is -2.38. The Labute approximate surface area is 167 Å². The number of epoxide rings is 1. The second-order valence-corrected chi connectivity index (χ2v) is 8.63. The molecule has 0 amide bonds. The first-order chi connectivity index (χ1) is 13.4. The molecule has 0 N–H and O–H groups in total. The van der Waals surface area contributed by atoms with Crippen molar-refractivity contribution in [1.29, 1.82) is 0 Å². The van der Waals surface area contributed by atoms with Crippen LogP contribution < -0.4 is 0 Å². The summed E-state index contributed by atoms with van der Waals surface area (Å²) < 4.78 is 45.3. The lowest BCUT2D eigenvalue weighted by molar-refractivity contribution is -0.253. The summed E-state index contributed by atoms with van der Waals surface area (Å²) in [6.07, 6.45) is -4.43. The topological polar surface area (TPSA) is 42.1 Å². The Morgan fingerprint density at radius 1 is 0.966 bits per heavy atom. The molecule has 0 bridgehead atoms. The van der Waals surface area contributed by atoms with Crippen molar-refractivity contribution in [1.82, 2.24) is 5.06 Å². The van der Waals surface area contributed by atoms with Crippen LogP contribution in [0, 0.1) is 0 Å². The molecule has 0 unspecified atom stereocenters. The minimum Gasteiger partial charge on any atom is -0.364 e. The van der Waals surface area contributed by atoms with E-state index in [2.05, 4.69) is 0 Å². The van der Waals surface area contributed by atoms with Crippen LogP contribution in [0.1, 0.15) is 50.4 Å². The van der Waals surface area contributed by atoms with Gasteiger partial charge in [-0.25, -0.2) is 4.79 Å². The van der Waals surface area contributed by atoms with Crippen LogP contribution in [0.25, 0.3) is 0 Å². The van der Waals surface area contributed by atoms with Crippen molar-refractivity contribution < 1.29 is 27.5 Å². The van der Waals surface area contributed by atoms with E-state index in [4.69, 9.17) is 9.57 Å². The number of ether oxygens (including phenoxy) is 1. The Morgan fingerprint density at radius 3 is 2.07 bits per heavy atom. The molecule has 4 nitrogen and oxygen atoms in total. The predicted octanol–water partition coefficient (Wildman–Crippen LogP) is 5.00. The maximum absolute atomic E-state index is 13.1. The van der Waals surface area contributed by atoms with Crippen LogP contribution in [0.15, 0.2) is 54.6 Å². The van der Waals surface area contributed by atoms with E-state index < -0.39 is 40.5 Å². The molecule has 0 spiro atoms. The lowest BCUT2D eigenvalue weighted by Crippen LogP contribution is -2.56. The largest absolute Gasteiger partial charge is 0.416 e. The lowest BCUT2D eigenvalue weighted by atomic mass is 9.76. The van der Waals surface area contributed by atoms with E-state index in [1.54, 1.807) is 12.0 Å². The molecule has 0 radical (unpaired) electrons. The summed E-state index contributed by atoms with van der Waals surface area (Å²) in [5.41, 5.74) is -2.27. The maximum atomic E-state index is 13.1. The number of alkyl halides is 3. The van der Waals surface area contributed by atoms with Gasteiger partial charge in [0.2, 0.25) is 5.60 Å². The number of nitrogens with zero attached hydrogens (tertiary/aromatic N) is 1. The molecule has 7 heteroatoms. The molecular weight excluding hydrogens is 383 g/mol. The van der Waals surface area contributed by atoms with Gasteiger partial charge in [0.25, 0.3) is 0 Å². The fourth-order valence-electron chi connectivity index (χ4n) is 4.13. The van der Waals surface area contributed by atoms with Crippen molar-refractivity contribution in [3.05, 3.63) is 71.3 Å². The second kappa shape index (κ2) is 6.06. The molecule has 2 aromatic carbocycles. The molecule has 2 fully saturated rings. The summed E-state index contributed by atoms with van der Waals surface area (Å²) in [5, 5.41) is 1.54. The van der Waals surface area contributed by atoms with Gasteiger partial charge in [-0.05, 0) is 51.0 Å². The molecular formula is C22H22F3NO3. The van der Waals surface area contributed by atoms with E-state index >= 15 is 0 Å². The van der Waals surface area contributed by atoms with Gasteiger partial charge in [0.1, 0.15) is 6.04 Å². The van der Waals surface area contributed by atoms with Crippen molar-refractivity contribution in [2.75, 3.05) is 0 Å². The molecule has 2 saturated heterocycles. The molecule has 2 aromatic rings. The van der Waals surface area contributed by atoms with Crippen LogP contribution in [0.2, 0.25) is 0 Å².